The van der Waals surface area contributed by atoms with E-state index in [0.717, 1.165) is 16.5 Å². The molecule has 2 aliphatic heterocycles. The summed E-state index contributed by atoms with van der Waals surface area (Å²) < 4.78 is 0. The minimum absolute atomic E-state index is 0.0108. The van der Waals surface area contributed by atoms with Gasteiger partial charge in [-0.1, -0.05) is 108 Å². The van der Waals surface area contributed by atoms with Crippen molar-refractivity contribution >= 4 is 51.7 Å². The van der Waals surface area contributed by atoms with Gasteiger partial charge in [-0.3, -0.25) is 24.1 Å². The molecule has 2 N–H and O–H groups in total. The zero-order valence-electron chi connectivity index (χ0n) is 28.6. The zero-order chi connectivity index (χ0) is 36.6. The SMILES string of the molecule is O=C1[C@H]2[C@H](CC=C3[C@H]2C[C@H]2C(=O)N(c4cccc(Cl)c4)C(=O)[C@@]2(c2ccccc2)[C@H]3c2ccc3ccccc3c2O)C(=O)N1CCc1ccc(O)cc1. The summed E-state index contributed by atoms with van der Waals surface area (Å²) in [5, 5.41) is 23.7. The number of carbonyl (C=O) groups excluding carboxylic acids is 4. The highest BCUT2D eigenvalue weighted by Crippen LogP contribution is 2.65. The Morgan fingerprint density at radius 3 is 2.28 bits per heavy atom. The fourth-order valence-corrected chi connectivity index (χ4v) is 9.97. The molecule has 9 rings (SSSR count). The number of fused-ring (bicyclic) bond motifs is 5. The number of anilines is 1. The Morgan fingerprint density at radius 2 is 1.51 bits per heavy atom. The summed E-state index contributed by atoms with van der Waals surface area (Å²) in [5.74, 6) is -4.87. The Bertz CT molecular complexity index is 2380. The maximum absolute atomic E-state index is 15.5. The summed E-state index contributed by atoms with van der Waals surface area (Å²) in [6.07, 6.45) is 2.88. The number of allylic oxidation sites excluding steroid dienone is 2. The van der Waals surface area contributed by atoms with Crippen molar-refractivity contribution in [3.05, 3.63) is 149 Å². The van der Waals surface area contributed by atoms with E-state index in [1.54, 1.807) is 48.5 Å². The van der Waals surface area contributed by atoms with Crippen molar-refractivity contribution in [1.29, 1.82) is 0 Å². The van der Waals surface area contributed by atoms with Gasteiger partial charge in [0.1, 0.15) is 11.5 Å². The monoisotopic (exact) mass is 722 g/mol. The third-order valence-corrected chi connectivity index (χ3v) is 12.3. The lowest BCUT2D eigenvalue weighted by Crippen LogP contribution is -2.53. The van der Waals surface area contributed by atoms with Gasteiger partial charge in [-0.25, -0.2) is 4.90 Å². The first-order valence-corrected chi connectivity index (χ1v) is 18.3. The van der Waals surface area contributed by atoms with Crippen LogP contribution >= 0.6 is 11.6 Å². The molecule has 0 aromatic heterocycles. The van der Waals surface area contributed by atoms with E-state index in [1.165, 1.54) is 9.80 Å². The molecule has 3 fully saturated rings. The Kier molecular flexibility index (Phi) is 7.78. The van der Waals surface area contributed by atoms with Crippen molar-refractivity contribution in [3.63, 3.8) is 0 Å². The molecule has 0 spiro atoms. The molecule has 2 aliphatic carbocycles. The molecule has 9 heteroatoms. The molecular weight excluding hydrogens is 688 g/mol. The van der Waals surface area contributed by atoms with Crippen molar-refractivity contribution in [2.24, 2.45) is 23.7 Å². The van der Waals surface area contributed by atoms with Crippen LogP contribution in [0.3, 0.4) is 0 Å². The maximum Gasteiger partial charge on any atom is 0.246 e. The molecule has 2 saturated heterocycles. The number of phenols is 2. The summed E-state index contributed by atoms with van der Waals surface area (Å²) >= 11 is 6.42. The zero-order valence-corrected chi connectivity index (χ0v) is 29.3. The number of halogens is 1. The van der Waals surface area contributed by atoms with E-state index in [2.05, 4.69) is 0 Å². The maximum atomic E-state index is 15.5. The highest BCUT2D eigenvalue weighted by molar-refractivity contribution is 6.32. The van der Waals surface area contributed by atoms with Crippen LogP contribution in [0.4, 0.5) is 5.69 Å². The normalized spacial score (nSPS) is 26.4. The number of amides is 4. The lowest BCUT2D eigenvalue weighted by Gasteiger charge is -2.50. The predicted octanol–water partition coefficient (Wildman–Crippen LogP) is 7.31. The molecule has 0 radical (unpaired) electrons. The number of rotatable bonds is 6. The van der Waals surface area contributed by atoms with Crippen LogP contribution < -0.4 is 4.90 Å². The molecule has 53 heavy (non-hydrogen) atoms. The van der Waals surface area contributed by atoms with Gasteiger partial charge < -0.3 is 10.2 Å². The molecule has 5 aromatic carbocycles. The number of imide groups is 2. The molecule has 6 atom stereocenters. The van der Waals surface area contributed by atoms with E-state index in [4.69, 9.17) is 11.6 Å². The van der Waals surface area contributed by atoms with Gasteiger partial charge in [0.15, 0.2) is 0 Å². The highest BCUT2D eigenvalue weighted by atomic mass is 35.5. The number of hydrogen-bond donors (Lipinski definition) is 2. The number of likely N-dealkylation sites (tertiary alicyclic amines) is 1. The molecule has 0 unspecified atom stereocenters. The van der Waals surface area contributed by atoms with E-state index >= 15 is 4.79 Å². The number of hydrogen-bond acceptors (Lipinski definition) is 6. The van der Waals surface area contributed by atoms with E-state index in [1.807, 2.05) is 72.8 Å². The van der Waals surface area contributed by atoms with Gasteiger partial charge in [-0.15, -0.1) is 0 Å². The van der Waals surface area contributed by atoms with Crippen LogP contribution in [0.2, 0.25) is 5.02 Å². The topological polar surface area (TPSA) is 115 Å². The van der Waals surface area contributed by atoms with E-state index in [0.29, 0.717) is 33.6 Å². The first-order chi connectivity index (χ1) is 25.7. The third-order valence-electron chi connectivity index (χ3n) is 12.1. The third kappa shape index (κ3) is 4.88. The number of benzene rings is 5. The second-order valence-corrected chi connectivity index (χ2v) is 15.0. The van der Waals surface area contributed by atoms with Gasteiger partial charge in [0, 0.05) is 28.4 Å². The second kappa shape index (κ2) is 12.5. The Morgan fingerprint density at radius 1 is 0.755 bits per heavy atom. The molecule has 2 heterocycles. The van der Waals surface area contributed by atoms with E-state index < -0.39 is 46.8 Å². The van der Waals surface area contributed by atoms with E-state index in [9.17, 15) is 24.6 Å². The highest BCUT2D eigenvalue weighted by Gasteiger charge is 2.70. The first kappa shape index (κ1) is 33.1. The van der Waals surface area contributed by atoms with Crippen molar-refractivity contribution in [3.8, 4) is 11.5 Å². The smallest absolute Gasteiger partial charge is 0.246 e. The van der Waals surface area contributed by atoms with Crippen molar-refractivity contribution in [1.82, 2.24) is 4.90 Å². The predicted molar refractivity (Wildman–Crippen MR) is 200 cm³/mol. The van der Waals surface area contributed by atoms with Gasteiger partial charge in [-0.2, -0.15) is 0 Å². The standard InChI is InChI=1S/C44H35ClN2O6/c45-28-10-6-11-29(23-28)47-41(51)36-24-35-32(19-20-33-37(35)42(52)46(40(33)50)22-21-25-13-16-30(48)17-14-25)38(44(36,43(47)53)27-8-2-1-3-9-27)34-18-15-26-7-4-5-12-31(26)39(34)49/h1-19,23,33,35-38,48-49H,20-22,24H2/t33-,35+,36-,37-,38+,44+/m0/s1. The van der Waals surface area contributed by atoms with Crippen molar-refractivity contribution < 1.29 is 29.4 Å². The molecule has 1 saturated carbocycles. The van der Waals surface area contributed by atoms with Crippen LogP contribution in [0.1, 0.15) is 35.4 Å². The number of nitrogens with zero attached hydrogens (tertiary/aromatic N) is 2. The number of carbonyl (C=O) groups is 4. The molecule has 4 amide bonds. The Balaban J connectivity index is 1.23. The van der Waals surface area contributed by atoms with Crippen LogP contribution in [-0.4, -0.2) is 45.3 Å². The van der Waals surface area contributed by atoms with Crippen LogP contribution in [0.25, 0.3) is 10.8 Å². The minimum atomic E-state index is -1.49. The van der Waals surface area contributed by atoms with Crippen LogP contribution in [0, 0.1) is 23.7 Å². The first-order valence-electron chi connectivity index (χ1n) is 17.9. The fourth-order valence-electron chi connectivity index (χ4n) is 9.78. The Hall–Kier alpha value is -5.73. The molecule has 4 aliphatic rings. The lowest BCUT2D eigenvalue weighted by molar-refractivity contribution is -0.140. The van der Waals surface area contributed by atoms with Crippen LogP contribution in [0.5, 0.6) is 11.5 Å². The van der Waals surface area contributed by atoms with Gasteiger partial charge in [-0.05, 0) is 72.0 Å². The molecule has 264 valence electrons. The average Bonchev–Trinajstić information content (AvgIpc) is 3.55. The van der Waals surface area contributed by atoms with Gasteiger partial charge in [0.2, 0.25) is 23.6 Å². The molecule has 0 bridgehead atoms. The average molecular weight is 723 g/mol. The summed E-state index contributed by atoms with van der Waals surface area (Å²) in [6, 6.07) is 33.9. The van der Waals surface area contributed by atoms with Gasteiger partial charge in [0.25, 0.3) is 0 Å². The Labute approximate surface area is 310 Å². The number of aromatic hydroxyl groups is 2. The molecular formula is C44H35ClN2O6. The van der Waals surface area contributed by atoms with Crippen LogP contribution in [-0.2, 0) is 31.0 Å². The number of phenolic OH excluding ortho intramolecular Hbond substituents is 2. The quantitative estimate of drug-likeness (QED) is 0.140. The van der Waals surface area contributed by atoms with Crippen LogP contribution in [0.15, 0.2) is 127 Å². The van der Waals surface area contributed by atoms with Crippen molar-refractivity contribution in [2.75, 3.05) is 11.4 Å². The largest absolute Gasteiger partial charge is 0.508 e. The summed E-state index contributed by atoms with van der Waals surface area (Å²) in [7, 11) is 0. The minimum Gasteiger partial charge on any atom is -0.508 e. The van der Waals surface area contributed by atoms with Gasteiger partial charge in [0.05, 0.1) is 28.9 Å². The van der Waals surface area contributed by atoms with Crippen molar-refractivity contribution in [2.45, 2.75) is 30.6 Å². The molecule has 5 aromatic rings. The summed E-state index contributed by atoms with van der Waals surface area (Å²) in [5.41, 5.74) is 1.65. The van der Waals surface area contributed by atoms with Gasteiger partial charge >= 0.3 is 0 Å². The van der Waals surface area contributed by atoms with E-state index in [-0.39, 0.29) is 42.7 Å². The fraction of sp³-hybridized carbons (Fsp3) is 0.227. The molecule has 8 nitrogen and oxygen atoms in total. The lowest BCUT2D eigenvalue weighted by atomic mass is 9.49. The summed E-state index contributed by atoms with van der Waals surface area (Å²) in [6.45, 7) is 0.184. The summed E-state index contributed by atoms with van der Waals surface area (Å²) in [4.78, 5) is 61.5. The second-order valence-electron chi connectivity index (χ2n) is 14.6.